The molecule has 2 aromatic carbocycles. The maximum Gasteiger partial charge on any atom is 0.266 e. The van der Waals surface area contributed by atoms with Crippen molar-refractivity contribution in [3.05, 3.63) is 82.1 Å². The van der Waals surface area contributed by atoms with Crippen molar-refractivity contribution >= 4 is 33.0 Å². The lowest BCUT2D eigenvalue weighted by Gasteiger charge is -2.11. The Morgan fingerprint density at radius 3 is 2.84 bits per heavy atom. The summed E-state index contributed by atoms with van der Waals surface area (Å²) in [6.45, 7) is 1.95. The van der Waals surface area contributed by atoms with E-state index in [1.54, 1.807) is 48.7 Å². The van der Waals surface area contributed by atoms with Crippen LogP contribution in [-0.2, 0) is 11.3 Å². The number of hydrogen-bond donors (Lipinski definition) is 1. The summed E-state index contributed by atoms with van der Waals surface area (Å²) in [5, 5.41) is 12.5. The van der Waals surface area contributed by atoms with Gasteiger partial charge in [-0.3, -0.25) is 4.79 Å². The number of thiophene rings is 1. The van der Waals surface area contributed by atoms with Crippen molar-refractivity contribution in [2.75, 3.05) is 12.4 Å². The fourth-order valence-corrected chi connectivity index (χ4v) is 4.44. The van der Waals surface area contributed by atoms with Gasteiger partial charge in [-0.05, 0) is 55.0 Å². The topological polar surface area (TPSA) is 84.2 Å². The normalized spacial score (nSPS) is 10.7. The number of amides is 1. The maximum absolute atomic E-state index is 14.4. The molecular weight excluding hydrogens is 429 g/mol. The summed E-state index contributed by atoms with van der Waals surface area (Å²) >= 11 is 1.22. The minimum Gasteiger partial charge on any atom is -0.438 e. The summed E-state index contributed by atoms with van der Waals surface area (Å²) in [4.78, 5) is 17.5. The van der Waals surface area contributed by atoms with Gasteiger partial charge in [-0.1, -0.05) is 6.07 Å². The van der Waals surface area contributed by atoms with E-state index in [0.29, 0.717) is 37.5 Å². The van der Waals surface area contributed by atoms with Gasteiger partial charge >= 0.3 is 0 Å². The molecule has 2 aromatic heterocycles. The average molecular weight is 447 g/mol. The van der Waals surface area contributed by atoms with Crippen LogP contribution in [0.5, 0.6) is 11.6 Å². The Morgan fingerprint density at radius 2 is 2.09 bits per heavy atom. The summed E-state index contributed by atoms with van der Waals surface area (Å²) in [6, 6.07) is 15.2. The molecule has 4 aromatic rings. The number of pyridine rings is 1. The van der Waals surface area contributed by atoms with Crippen LogP contribution in [0.1, 0.15) is 26.4 Å². The van der Waals surface area contributed by atoms with Gasteiger partial charge in [0.05, 0.1) is 11.5 Å². The minimum atomic E-state index is -0.381. The van der Waals surface area contributed by atoms with E-state index in [4.69, 9.17) is 9.47 Å². The number of anilines is 1. The molecule has 32 heavy (non-hydrogen) atoms. The number of nitrogens with zero attached hydrogens (tertiary/aromatic N) is 2. The number of hydrogen-bond acceptors (Lipinski definition) is 6. The molecule has 6 nitrogen and oxygen atoms in total. The fourth-order valence-electron chi connectivity index (χ4n) is 3.32. The van der Waals surface area contributed by atoms with Crippen LogP contribution in [0.2, 0.25) is 0 Å². The van der Waals surface area contributed by atoms with Gasteiger partial charge in [0.1, 0.15) is 23.2 Å². The fraction of sp³-hybridized carbons (Fsp3) is 0.125. The zero-order valence-electron chi connectivity index (χ0n) is 17.3. The van der Waals surface area contributed by atoms with E-state index in [-0.39, 0.29) is 24.2 Å². The summed E-state index contributed by atoms with van der Waals surface area (Å²) in [5.41, 5.74) is 2.20. The van der Waals surface area contributed by atoms with E-state index in [0.717, 1.165) is 5.56 Å². The lowest BCUT2D eigenvalue weighted by molar-refractivity contribution is 0.102. The van der Waals surface area contributed by atoms with E-state index in [9.17, 15) is 14.4 Å². The third-order valence-electron chi connectivity index (χ3n) is 4.81. The Kier molecular flexibility index (Phi) is 6.12. The lowest BCUT2D eigenvalue weighted by atomic mass is 10.1. The summed E-state index contributed by atoms with van der Waals surface area (Å²) in [7, 11) is 1.51. The van der Waals surface area contributed by atoms with Crippen LogP contribution >= 0.6 is 11.3 Å². The van der Waals surface area contributed by atoms with Crippen LogP contribution in [0.4, 0.5) is 10.1 Å². The number of nitrogens with one attached hydrogen (secondary N) is 1. The van der Waals surface area contributed by atoms with Crippen molar-refractivity contribution in [1.29, 1.82) is 5.26 Å². The molecule has 4 rings (SSSR count). The average Bonchev–Trinajstić information content (AvgIpc) is 3.16. The van der Waals surface area contributed by atoms with Crippen molar-refractivity contribution in [2.45, 2.75) is 13.5 Å². The van der Waals surface area contributed by atoms with Gasteiger partial charge in [0.25, 0.3) is 5.91 Å². The largest absolute Gasteiger partial charge is 0.438 e. The molecule has 0 aliphatic carbocycles. The second kappa shape index (κ2) is 9.14. The highest BCUT2D eigenvalue weighted by Gasteiger charge is 2.21. The van der Waals surface area contributed by atoms with E-state index in [1.165, 1.54) is 24.5 Å². The molecule has 0 bridgehead atoms. The molecule has 0 radical (unpaired) electrons. The minimum absolute atomic E-state index is 0.126. The molecule has 0 unspecified atom stereocenters. The molecule has 0 aliphatic heterocycles. The monoisotopic (exact) mass is 447 g/mol. The van der Waals surface area contributed by atoms with E-state index < -0.39 is 0 Å². The van der Waals surface area contributed by atoms with Gasteiger partial charge in [0, 0.05) is 34.6 Å². The van der Waals surface area contributed by atoms with Gasteiger partial charge in [-0.2, -0.15) is 5.26 Å². The number of halogens is 1. The third kappa shape index (κ3) is 4.17. The molecule has 0 spiro atoms. The first kappa shape index (κ1) is 21.4. The first-order valence-corrected chi connectivity index (χ1v) is 10.5. The summed E-state index contributed by atoms with van der Waals surface area (Å²) < 4.78 is 26.0. The van der Waals surface area contributed by atoms with Crippen LogP contribution in [0.25, 0.3) is 10.1 Å². The zero-order valence-corrected chi connectivity index (χ0v) is 18.1. The molecule has 8 heteroatoms. The summed E-state index contributed by atoms with van der Waals surface area (Å²) in [5.74, 6) is -0.0258. The van der Waals surface area contributed by atoms with Crippen LogP contribution in [0, 0.1) is 24.1 Å². The van der Waals surface area contributed by atoms with Gasteiger partial charge in [-0.15, -0.1) is 11.3 Å². The molecule has 0 saturated heterocycles. The van der Waals surface area contributed by atoms with Crippen LogP contribution in [0.15, 0.2) is 54.7 Å². The molecule has 1 N–H and O–H groups in total. The number of carbonyl (C=O) groups is 1. The first-order chi connectivity index (χ1) is 15.5. The first-order valence-electron chi connectivity index (χ1n) is 9.65. The number of aryl methyl sites for hydroxylation is 1. The number of rotatable bonds is 6. The standard InChI is InChI=1S/C24H18FN3O3S/c1-14-11-16(31-24-15(12-26)5-4-10-27-24)8-9-19(14)28-23(29)22-17(13-30-2)21-18(25)6-3-7-20(21)32-22/h3-11H,13H2,1-2H3,(H,28,29). The number of methoxy groups -OCH3 is 1. The van der Waals surface area contributed by atoms with Crippen molar-refractivity contribution in [1.82, 2.24) is 4.98 Å². The Labute approximate surface area is 187 Å². The van der Waals surface area contributed by atoms with E-state index in [2.05, 4.69) is 10.3 Å². The Morgan fingerprint density at radius 1 is 1.25 bits per heavy atom. The Bertz CT molecular complexity index is 1360. The highest BCUT2D eigenvalue weighted by molar-refractivity contribution is 7.21. The molecule has 0 fully saturated rings. The molecule has 0 aliphatic rings. The van der Waals surface area contributed by atoms with Crippen LogP contribution < -0.4 is 10.1 Å². The molecule has 0 saturated carbocycles. The number of nitriles is 1. The van der Waals surface area contributed by atoms with Gasteiger partial charge < -0.3 is 14.8 Å². The summed E-state index contributed by atoms with van der Waals surface area (Å²) in [6.07, 6.45) is 1.54. The zero-order chi connectivity index (χ0) is 22.7. The van der Waals surface area contributed by atoms with Gasteiger partial charge in [0.2, 0.25) is 5.88 Å². The SMILES string of the molecule is COCc1c(C(=O)Nc2ccc(Oc3ncccc3C#N)cc2C)sc2cccc(F)c12. The maximum atomic E-state index is 14.4. The predicted molar refractivity (Wildman–Crippen MR) is 121 cm³/mol. The lowest BCUT2D eigenvalue weighted by Crippen LogP contribution is -2.13. The van der Waals surface area contributed by atoms with E-state index >= 15 is 0 Å². The van der Waals surface area contributed by atoms with Crippen LogP contribution in [-0.4, -0.2) is 18.0 Å². The quantitative estimate of drug-likeness (QED) is 0.403. The number of fused-ring (bicyclic) bond motifs is 1. The van der Waals surface area contributed by atoms with E-state index in [1.807, 2.05) is 13.0 Å². The van der Waals surface area contributed by atoms with Crippen molar-refractivity contribution < 1.29 is 18.7 Å². The van der Waals surface area contributed by atoms with Crippen molar-refractivity contribution in [3.8, 4) is 17.7 Å². The Balaban J connectivity index is 1.60. The van der Waals surface area contributed by atoms with Gasteiger partial charge in [0.15, 0.2) is 0 Å². The van der Waals surface area contributed by atoms with Crippen molar-refractivity contribution in [3.63, 3.8) is 0 Å². The number of benzene rings is 2. The van der Waals surface area contributed by atoms with Gasteiger partial charge in [-0.25, -0.2) is 9.37 Å². The van der Waals surface area contributed by atoms with Crippen molar-refractivity contribution in [2.24, 2.45) is 0 Å². The number of aromatic nitrogens is 1. The molecular formula is C24H18FN3O3S. The second-order valence-corrected chi connectivity index (χ2v) is 8.01. The van der Waals surface area contributed by atoms with Crippen LogP contribution in [0.3, 0.4) is 0 Å². The third-order valence-corrected chi connectivity index (χ3v) is 6.01. The smallest absolute Gasteiger partial charge is 0.266 e. The highest BCUT2D eigenvalue weighted by Crippen LogP contribution is 2.35. The Hall–Kier alpha value is -3.80. The number of ether oxygens (including phenoxy) is 2. The molecule has 0 atom stereocenters. The molecule has 160 valence electrons. The predicted octanol–water partition coefficient (Wildman–Crippen LogP) is 5.81. The second-order valence-electron chi connectivity index (χ2n) is 6.96. The molecule has 2 heterocycles. The number of carbonyl (C=O) groups excluding carboxylic acids is 1. The highest BCUT2D eigenvalue weighted by atomic mass is 32.1. The molecule has 1 amide bonds.